The summed E-state index contributed by atoms with van der Waals surface area (Å²) in [7, 11) is -3.15. The maximum absolute atomic E-state index is 11.5. The van der Waals surface area contributed by atoms with Crippen molar-refractivity contribution in [2.24, 2.45) is 4.99 Å². The molecular formula is C22H32IN3O3S. The molecule has 0 saturated carbocycles. The predicted molar refractivity (Wildman–Crippen MR) is 133 cm³/mol. The molecule has 2 N–H and O–H groups in total. The summed E-state index contributed by atoms with van der Waals surface area (Å²) in [6.07, 6.45) is 2.00. The fourth-order valence-electron chi connectivity index (χ4n) is 2.70. The molecule has 0 spiro atoms. The molecule has 0 heterocycles. The lowest BCUT2D eigenvalue weighted by molar-refractivity contribution is 0.134. The molecule has 2 aromatic rings. The second-order valence-corrected chi connectivity index (χ2v) is 8.76. The van der Waals surface area contributed by atoms with E-state index in [0.717, 1.165) is 35.6 Å². The highest BCUT2D eigenvalue weighted by Crippen LogP contribution is 2.10. The molecule has 6 nitrogen and oxygen atoms in total. The first-order chi connectivity index (χ1) is 13.9. The standard InChI is InChI=1S/C22H31N3O3S.HI/c1-4-23-22(25-16-19-6-8-20(9-7-19)17-28-5-2)24-15-14-18-10-12-21(13-11-18)29(3,26)27;/h6-13H,4-5,14-17H2,1-3H3,(H2,23,24,25);1H. The summed E-state index contributed by atoms with van der Waals surface area (Å²) < 4.78 is 28.5. The Bertz CT molecular complexity index is 883. The summed E-state index contributed by atoms with van der Waals surface area (Å²) in [6, 6.07) is 15.3. The second-order valence-electron chi connectivity index (χ2n) is 6.74. The predicted octanol–water partition coefficient (Wildman–Crippen LogP) is 3.54. The van der Waals surface area contributed by atoms with Gasteiger partial charge in [-0.3, -0.25) is 0 Å². The Kier molecular flexibility index (Phi) is 12.0. The Morgan fingerprint density at radius 3 is 2.10 bits per heavy atom. The van der Waals surface area contributed by atoms with Gasteiger partial charge in [0.05, 0.1) is 18.0 Å². The van der Waals surface area contributed by atoms with Gasteiger partial charge in [-0.2, -0.15) is 0 Å². The van der Waals surface area contributed by atoms with Gasteiger partial charge in [0.1, 0.15) is 0 Å². The van der Waals surface area contributed by atoms with Gasteiger partial charge < -0.3 is 15.4 Å². The van der Waals surface area contributed by atoms with Crippen molar-refractivity contribution in [1.82, 2.24) is 10.6 Å². The first-order valence-corrected chi connectivity index (χ1v) is 11.8. The van der Waals surface area contributed by atoms with Gasteiger partial charge in [-0.05, 0) is 49.1 Å². The van der Waals surface area contributed by atoms with E-state index in [-0.39, 0.29) is 24.0 Å². The minimum atomic E-state index is -3.15. The van der Waals surface area contributed by atoms with E-state index in [9.17, 15) is 8.42 Å². The number of rotatable bonds is 10. The summed E-state index contributed by atoms with van der Waals surface area (Å²) in [5, 5.41) is 6.57. The van der Waals surface area contributed by atoms with Gasteiger partial charge in [0.25, 0.3) is 0 Å². The van der Waals surface area contributed by atoms with Gasteiger partial charge in [-0.15, -0.1) is 24.0 Å². The highest BCUT2D eigenvalue weighted by atomic mass is 127. The Morgan fingerprint density at radius 2 is 1.53 bits per heavy atom. The smallest absolute Gasteiger partial charge is 0.191 e. The summed E-state index contributed by atoms with van der Waals surface area (Å²) in [4.78, 5) is 4.98. The number of sulfone groups is 1. The summed E-state index contributed by atoms with van der Waals surface area (Å²) in [5.41, 5.74) is 3.37. The van der Waals surface area contributed by atoms with Crippen molar-refractivity contribution in [3.05, 3.63) is 65.2 Å². The van der Waals surface area contributed by atoms with E-state index < -0.39 is 9.84 Å². The van der Waals surface area contributed by atoms with Crippen LogP contribution < -0.4 is 10.6 Å². The molecule has 0 radical (unpaired) electrons. The zero-order valence-corrected chi connectivity index (χ0v) is 21.0. The average Bonchev–Trinajstić information content (AvgIpc) is 2.71. The second kappa shape index (κ2) is 13.6. The van der Waals surface area contributed by atoms with Crippen LogP contribution in [0.25, 0.3) is 0 Å². The molecule has 30 heavy (non-hydrogen) atoms. The number of nitrogens with zero attached hydrogens (tertiary/aromatic N) is 1. The molecule has 0 unspecified atom stereocenters. The number of hydrogen-bond donors (Lipinski definition) is 2. The fourth-order valence-corrected chi connectivity index (χ4v) is 3.33. The van der Waals surface area contributed by atoms with Crippen LogP contribution in [0.15, 0.2) is 58.4 Å². The van der Waals surface area contributed by atoms with Crippen molar-refractivity contribution in [1.29, 1.82) is 0 Å². The fraction of sp³-hybridized carbons (Fsp3) is 0.409. The number of benzene rings is 2. The number of hydrogen-bond acceptors (Lipinski definition) is 4. The van der Waals surface area contributed by atoms with Crippen LogP contribution in [0.3, 0.4) is 0 Å². The van der Waals surface area contributed by atoms with E-state index in [1.807, 2.05) is 26.0 Å². The molecule has 8 heteroatoms. The Balaban J connectivity index is 0.00000450. The van der Waals surface area contributed by atoms with Crippen LogP contribution in [0.1, 0.15) is 30.5 Å². The molecule has 0 aliphatic heterocycles. The highest BCUT2D eigenvalue weighted by molar-refractivity contribution is 14.0. The maximum atomic E-state index is 11.5. The molecule has 0 aliphatic rings. The monoisotopic (exact) mass is 545 g/mol. The van der Waals surface area contributed by atoms with Crippen LogP contribution in [-0.4, -0.2) is 40.3 Å². The molecular weight excluding hydrogens is 513 g/mol. The van der Waals surface area contributed by atoms with Crippen LogP contribution in [0.2, 0.25) is 0 Å². The SMILES string of the molecule is CCNC(=NCc1ccc(COCC)cc1)NCCc1ccc(S(C)(=O)=O)cc1.I. The quantitative estimate of drug-likeness (QED) is 0.271. The summed E-state index contributed by atoms with van der Waals surface area (Å²) in [6.45, 7) is 7.44. The van der Waals surface area contributed by atoms with Gasteiger partial charge in [0.15, 0.2) is 15.8 Å². The van der Waals surface area contributed by atoms with Crippen LogP contribution in [0, 0.1) is 0 Å². The number of ether oxygens (including phenoxy) is 1. The van der Waals surface area contributed by atoms with Gasteiger partial charge in [-0.1, -0.05) is 36.4 Å². The van der Waals surface area contributed by atoms with Gasteiger partial charge in [-0.25, -0.2) is 13.4 Å². The first-order valence-electron chi connectivity index (χ1n) is 9.89. The van der Waals surface area contributed by atoms with Crippen molar-refractivity contribution in [3.8, 4) is 0 Å². The molecule has 2 rings (SSSR count). The lowest BCUT2D eigenvalue weighted by Gasteiger charge is -2.11. The minimum absolute atomic E-state index is 0. The number of guanidine groups is 1. The summed E-state index contributed by atoms with van der Waals surface area (Å²) >= 11 is 0. The zero-order chi connectivity index (χ0) is 21.1. The lowest BCUT2D eigenvalue weighted by Crippen LogP contribution is -2.38. The van der Waals surface area contributed by atoms with Crippen molar-refractivity contribution in [2.45, 2.75) is 38.3 Å². The Morgan fingerprint density at radius 1 is 0.933 bits per heavy atom. The zero-order valence-electron chi connectivity index (χ0n) is 17.8. The van der Waals surface area contributed by atoms with Crippen LogP contribution in [-0.2, 0) is 34.1 Å². The average molecular weight is 545 g/mol. The topological polar surface area (TPSA) is 79.8 Å². The Labute approximate surface area is 197 Å². The van der Waals surface area contributed by atoms with Crippen molar-refractivity contribution < 1.29 is 13.2 Å². The number of halogens is 1. The third-order valence-corrected chi connectivity index (χ3v) is 5.45. The van der Waals surface area contributed by atoms with Gasteiger partial charge >= 0.3 is 0 Å². The third-order valence-electron chi connectivity index (χ3n) is 4.32. The van der Waals surface area contributed by atoms with Crippen molar-refractivity contribution in [2.75, 3.05) is 26.0 Å². The maximum Gasteiger partial charge on any atom is 0.191 e. The number of nitrogens with one attached hydrogen (secondary N) is 2. The normalized spacial score (nSPS) is 11.6. The van der Waals surface area contributed by atoms with E-state index in [2.05, 4.69) is 39.9 Å². The van der Waals surface area contributed by atoms with E-state index in [4.69, 9.17) is 4.74 Å². The van der Waals surface area contributed by atoms with E-state index in [0.29, 0.717) is 31.2 Å². The van der Waals surface area contributed by atoms with Crippen LogP contribution in [0.4, 0.5) is 0 Å². The Hall–Kier alpha value is -1.65. The summed E-state index contributed by atoms with van der Waals surface area (Å²) in [5.74, 6) is 0.763. The largest absolute Gasteiger partial charge is 0.377 e. The first kappa shape index (κ1) is 26.4. The molecule has 0 aliphatic carbocycles. The van der Waals surface area contributed by atoms with Crippen molar-refractivity contribution >= 4 is 39.8 Å². The third kappa shape index (κ3) is 9.44. The molecule has 0 aromatic heterocycles. The highest BCUT2D eigenvalue weighted by Gasteiger charge is 2.06. The van der Waals surface area contributed by atoms with E-state index in [1.54, 1.807) is 12.1 Å². The molecule has 2 aromatic carbocycles. The molecule has 0 atom stereocenters. The van der Waals surface area contributed by atoms with E-state index >= 15 is 0 Å². The van der Waals surface area contributed by atoms with Gasteiger partial charge in [0, 0.05) is 26.0 Å². The molecule has 0 amide bonds. The van der Waals surface area contributed by atoms with Crippen LogP contribution >= 0.6 is 24.0 Å². The lowest BCUT2D eigenvalue weighted by atomic mass is 10.1. The van der Waals surface area contributed by atoms with E-state index in [1.165, 1.54) is 6.26 Å². The molecule has 166 valence electrons. The molecule has 0 bridgehead atoms. The van der Waals surface area contributed by atoms with Crippen molar-refractivity contribution in [3.63, 3.8) is 0 Å². The molecule has 0 saturated heterocycles. The number of aliphatic imine (C=N–C) groups is 1. The minimum Gasteiger partial charge on any atom is -0.377 e. The van der Waals surface area contributed by atoms with Gasteiger partial charge in [0.2, 0.25) is 0 Å². The molecule has 0 fully saturated rings. The van der Waals surface area contributed by atoms with Crippen LogP contribution in [0.5, 0.6) is 0 Å².